The first kappa shape index (κ1) is 15.3. The quantitative estimate of drug-likeness (QED) is 0.519. The molecule has 1 fully saturated rings. The van der Waals surface area contributed by atoms with Gasteiger partial charge in [-0.05, 0) is 24.6 Å². The molecule has 4 nitrogen and oxygen atoms in total. The summed E-state index contributed by atoms with van der Waals surface area (Å²) in [6.07, 6.45) is -4.90. The fourth-order valence-electron chi connectivity index (χ4n) is 2.62. The van der Waals surface area contributed by atoms with Gasteiger partial charge in [0.1, 0.15) is 5.82 Å². The molecule has 8 heteroatoms. The van der Waals surface area contributed by atoms with Crippen LogP contribution in [0.1, 0.15) is 24.1 Å². The van der Waals surface area contributed by atoms with Crippen molar-refractivity contribution < 1.29 is 32.3 Å². The van der Waals surface area contributed by atoms with Crippen LogP contribution in [-0.4, -0.2) is 28.9 Å². The van der Waals surface area contributed by atoms with Gasteiger partial charge in [0.25, 0.3) is 0 Å². The molecule has 114 valence electrons. The SMILES string of the molecule is CN1C(=O)C(C)(C(=O)O)C1c1ccc(F)c(C(F)(F)F)c1. The summed E-state index contributed by atoms with van der Waals surface area (Å²) in [4.78, 5) is 24.0. The molecule has 1 heterocycles. The number of hydrogen-bond donors (Lipinski definition) is 1. The molecule has 2 atom stereocenters. The van der Waals surface area contributed by atoms with E-state index in [1.807, 2.05) is 0 Å². The highest BCUT2D eigenvalue weighted by molar-refractivity contribution is 6.07. The van der Waals surface area contributed by atoms with Crippen molar-refractivity contribution in [2.24, 2.45) is 5.41 Å². The van der Waals surface area contributed by atoms with Crippen molar-refractivity contribution in [3.63, 3.8) is 0 Å². The van der Waals surface area contributed by atoms with Crippen LogP contribution in [0.3, 0.4) is 0 Å². The number of nitrogens with zero attached hydrogens (tertiary/aromatic N) is 1. The first-order valence-corrected chi connectivity index (χ1v) is 5.88. The van der Waals surface area contributed by atoms with Gasteiger partial charge in [-0.2, -0.15) is 13.2 Å². The number of amides is 1. The fraction of sp³-hybridized carbons (Fsp3) is 0.385. The topological polar surface area (TPSA) is 57.6 Å². The average Bonchev–Trinajstić information content (AvgIpc) is 2.38. The van der Waals surface area contributed by atoms with E-state index in [9.17, 15) is 27.2 Å². The smallest absolute Gasteiger partial charge is 0.419 e. The Labute approximate surface area is 117 Å². The molecule has 1 amide bonds. The summed E-state index contributed by atoms with van der Waals surface area (Å²) in [6, 6.07) is 1.14. The highest BCUT2D eigenvalue weighted by atomic mass is 19.4. The number of carbonyl (C=O) groups is 2. The van der Waals surface area contributed by atoms with Gasteiger partial charge < -0.3 is 10.0 Å². The van der Waals surface area contributed by atoms with Crippen LogP contribution in [-0.2, 0) is 15.8 Å². The molecular formula is C13H11F4NO3. The number of carbonyl (C=O) groups excluding carboxylic acids is 1. The minimum Gasteiger partial charge on any atom is -0.480 e. The number of aliphatic carboxylic acids is 1. The number of hydrogen-bond acceptors (Lipinski definition) is 2. The maximum atomic E-state index is 13.3. The highest BCUT2D eigenvalue weighted by Crippen LogP contribution is 2.49. The van der Waals surface area contributed by atoms with Gasteiger partial charge in [0, 0.05) is 7.05 Å². The number of benzene rings is 1. The van der Waals surface area contributed by atoms with E-state index in [4.69, 9.17) is 5.11 Å². The van der Waals surface area contributed by atoms with Crippen molar-refractivity contribution in [2.75, 3.05) is 7.05 Å². The molecule has 0 saturated carbocycles. The molecule has 0 aliphatic carbocycles. The zero-order valence-electron chi connectivity index (χ0n) is 11.0. The minimum absolute atomic E-state index is 0.0734. The number of β-lactam (4-membered cyclic amide) rings is 1. The Morgan fingerprint density at radius 3 is 2.43 bits per heavy atom. The molecule has 1 N–H and O–H groups in total. The van der Waals surface area contributed by atoms with Gasteiger partial charge in [-0.15, -0.1) is 0 Å². The Bertz CT molecular complexity index is 628. The van der Waals surface area contributed by atoms with E-state index in [1.165, 1.54) is 7.05 Å². The molecular weight excluding hydrogens is 294 g/mol. The third-order valence-electron chi connectivity index (χ3n) is 3.75. The molecule has 1 aromatic carbocycles. The molecule has 1 aliphatic rings. The zero-order chi connectivity index (χ0) is 16.2. The van der Waals surface area contributed by atoms with E-state index < -0.39 is 40.9 Å². The summed E-state index contributed by atoms with van der Waals surface area (Å²) in [5.74, 6) is -3.59. The summed E-state index contributed by atoms with van der Waals surface area (Å²) < 4.78 is 51.4. The lowest BCUT2D eigenvalue weighted by molar-refractivity contribution is -0.182. The lowest BCUT2D eigenvalue weighted by Gasteiger charge is -2.50. The van der Waals surface area contributed by atoms with Crippen molar-refractivity contribution in [1.29, 1.82) is 0 Å². The second kappa shape index (κ2) is 4.44. The van der Waals surface area contributed by atoms with E-state index in [2.05, 4.69) is 0 Å². The normalized spacial score (nSPS) is 25.7. The zero-order valence-corrected chi connectivity index (χ0v) is 11.0. The molecule has 1 saturated heterocycles. The van der Waals surface area contributed by atoms with Crippen LogP contribution in [0, 0.1) is 11.2 Å². The van der Waals surface area contributed by atoms with Crippen molar-refractivity contribution >= 4 is 11.9 Å². The fourth-order valence-corrected chi connectivity index (χ4v) is 2.62. The molecule has 21 heavy (non-hydrogen) atoms. The average molecular weight is 305 g/mol. The van der Waals surface area contributed by atoms with Gasteiger partial charge in [-0.3, -0.25) is 9.59 Å². The number of carboxylic acids is 1. The first-order valence-electron chi connectivity index (χ1n) is 5.88. The largest absolute Gasteiger partial charge is 0.480 e. The monoisotopic (exact) mass is 305 g/mol. The van der Waals surface area contributed by atoms with Gasteiger partial charge in [-0.1, -0.05) is 6.07 Å². The third kappa shape index (κ3) is 2.05. The van der Waals surface area contributed by atoms with Gasteiger partial charge in [-0.25, -0.2) is 4.39 Å². The Kier molecular flexibility index (Phi) is 3.23. The summed E-state index contributed by atoms with van der Waals surface area (Å²) in [6.45, 7) is 1.14. The predicted molar refractivity (Wildman–Crippen MR) is 62.7 cm³/mol. The summed E-state index contributed by atoms with van der Waals surface area (Å²) in [5, 5.41) is 9.15. The van der Waals surface area contributed by atoms with E-state index in [0.717, 1.165) is 17.9 Å². The molecule has 1 aliphatic heterocycles. The molecule has 0 spiro atoms. The molecule has 1 aromatic rings. The lowest BCUT2D eigenvalue weighted by atomic mass is 9.69. The van der Waals surface area contributed by atoms with Crippen LogP contribution >= 0.6 is 0 Å². The van der Waals surface area contributed by atoms with E-state index in [0.29, 0.717) is 12.1 Å². The number of halogens is 4. The number of rotatable bonds is 2. The predicted octanol–water partition coefficient (Wildman–Crippen LogP) is 2.45. The van der Waals surface area contributed by atoms with Crippen LogP contribution in [0.15, 0.2) is 18.2 Å². The van der Waals surface area contributed by atoms with Gasteiger partial charge in [0.15, 0.2) is 5.41 Å². The van der Waals surface area contributed by atoms with Crippen LogP contribution in [0.5, 0.6) is 0 Å². The number of likely N-dealkylation sites (tertiary alicyclic amines) is 1. The van der Waals surface area contributed by atoms with Crippen molar-refractivity contribution in [2.45, 2.75) is 19.1 Å². The summed E-state index contributed by atoms with van der Waals surface area (Å²) in [5.41, 5.74) is -3.41. The van der Waals surface area contributed by atoms with Crippen LogP contribution < -0.4 is 0 Å². The number of carboxylic acid groups (broad SMARTS) is 1. The summed E-state index contributed by atoms with van der Waals surface area (Å²) >= 11 is 0. The third-order valence-corrected chi connectivity index (χ3v) is 3.75. The number of alkyl halides is 3. The Hall–Kier alpha value is -2.12. The van der Waals surface area contributed by atoms with Gasteiger partial charge in [0.05, 0.1) is 11.6 Å². The maximum Gasteiger partial charge on any atom is 0.419 e. The van der Waals surface area contributed by atoms with Crippen molar-refractivity contribution in [3.05, 3.63) is 35.1 Å². The van der Waals surface area contributed by atoms with Crippen molar-refractivity contribution in [1.82, 2.24) is 4.90 Å². The van der Waals surface area contributed by atoms with E-state index >= 15 is 0 Å². The second-order valence-corrected chi connectivity index (χ2v) is 5.06. The summed E-state index contributed by atoms with van der Waals surface area (Å²) in [7, 11) is 1.29. The minimum atomic E-state index is -4.90. The molecule has 0 radical (unpaired) electrons. The Balaban J connectivity index is 2.53. The van der Waals surface area contributed by atoms with Crippen LogP contribution in [0.2, 0.25) is 0 Å². The molecule has 2 rings (SSSR count). The first-order chi connectivity index (χ1) is 9.51. The van der Waals surface area contributed by atoms with E-state index in [1.54, 1.807) is 0 Å². The molecule has 2 unspecified atom stereocenters. The standard InChI is InChI=1S/C13H11F4NO3/c1-12(11(20)21)9(18(2)10(12)19)6-3-4-8(14)7(5-6)13(15,16)17/h3-5,9H,1-2H3,(H,20,21). The second-order valence-electron chi connectivity index (χ2n) is 5.06. The Morgan fingerprint density at radius 2 is 1.95 bits per heavy atom. The van der Waals surface area contributed by atoms with Crippen molar-refractivity contribution in [3.8, 4) is 0 Å². The Morgan fingerprint density at radius 1 is 1.38 bits per heavy atom. The lowest BCUT2D eigenvalue weighted by Crippen LogP contribution is -2.63. The highest BCUT2D eigenvalue weighted by Gasteiger charge is 2.62. The van der Waals surface area contributed by atoms with E-state index in [-0.39, 0.29) is 5.56 Å². The van der Waals surface area contributed by atoms with Gasteiger partial charge in [0.2, 0.25) is 5.91 Å². The van der Waals surface area contributed by atoms with Gasteiger partial charge >= 0.3 is 12.1 Å². The molecule has 0 aromatic heterocycles. The van der Waals surface area contributed by atoms with Crippen LogP contribution in [0.4, 0.5) is 17.6 Å². The molecule has 0 bridgehead atoms. The van der Waals surface area contributed by atoms with Crippen LogP contribution in [0.25, 0.3) is 0 Å². The maximum absolute atomic E-state index is 13.3.